The number of thiophene rings is 1. The summed E-state index contributed by atoms with van der Waals surface area (Å²) in [4.78, 5) is 29.5. The highest BCUT2D eigenvalue weighted by Crippen LogP contribution is 2.39. The topological polar surface area (TPSA) is 49.4 Å². The minimum Gasteiger partial charge on any atom is -0.316 e. The second kappa shape index (κ2) is 8.58. The molecule has 1 aromatic carbocycles. The van der Waals surface area contributed by atoms with E-state index in [2.05, 4.69) is 17.1 Å². The first kappa shape index (κ1) is 19.3. The Morgan fingerprint density at radius 3 is 2.71 bits per heavy atom. The van der Waals surface area contributed by atoms with Crippen LogP contribution in [0.1, 0.15) is 59.0 Å². The van der Waals surface area contributed by atoms with Gasteiger partial charge in [0, 0.05) is 17.0 Å². The summed E-state index contributed by atoms with van der Waals surface area (Å²) in [5.74, 6) is 0.669. The van der Waals surface area contributed by atoms with E-state index in [1.165, 1.54) is 11.3 Å². The van der Waals surface area contributed by atoms with Gasteiger partial charge in [-0.15, -0.1) is 11.3 Å². The van der Waals surface area contributed by atoms with Gasteiger partial charge in [0.25, 0.3) is 0 Å². The SMILES string of the molecule is CC1CCCN(CC(=O)Nc2sc3c(c2C(=O)c2ccccc2)CCCC3)C1. The Hall–Kier alpha value is -1.98. The monoisotopic (exact) mass is 396 g/mol. The fourth-order valence-corrected chi connectivity index (χ4v) is 5.73. The maximum atomic E-state index is 13.3. The lowest BCUT2D eigenvalue weighted by Gasteiger charge is -2.30. The number of carbonyl (C=O) groups is 2. The molecule has 1 fully saturated rings. The number of rotatable bonds is 5. The van der Waals surface area contributed by atoms with Gasteiger partial charge in [0.05, 0.1) is 12.1 Å². The first-order chi connectivity index (χ1) is 13.6. The fourth-order valence-electron chi connectivity index (χ4n) is 4.43. The number of benzene rings is 1. The lowest BCUT2D eigenvalue weighted by molar-refractivity contribution is -0.117. The van der Waals surface area contributed by atoms with Crippen molar-refractivity contribution >= 4 is 28.0 Å². The molecule has 0 radical (unpaired) electrons. The second-order valence-corrected chi connectivity index (χ2v) is 9.25. The Labute approximate surface area is 170 Å². The summed E-state index contributed by atoms with van der Waals surface area (Å²) < 4.78 is 0. The van der Waals surface area contributed by atoms with Crippen LogP contribution in [-0.2, 0) is 17.6 Å². The van der Waals surface area contributed by atoms with Crippen LogP contribution in [0.15, 0.2) is 30.3 Å². The van der Waals surface area contributed by atoms with E-state index < -0.39 is 0 Å². The van der Waals surface area contributed by atoms with Gasteiger partial charge in [-0.05, 0) is 56.6 Å². The van der Waals surface area contributed by atoms with Crippen molar-refractivity contribution < 1.29 is 9.59 Å². The Morgan fingerprint density at radius 1 is 1.14 bits per heavy atom. The maximum Gasteiger partial charge on any atom is 0.239 e. The minimum atomic E-state index is -0.00481. The first-order valence-corrected chi connectivity index (χ1v) is 11.2. The van der Waals surface area contributed by atoms with Gasteiger partial charge in [-0.25, -0.2) is 0 Å². The van der Waals surface area contributed by atoms with Gasteiger partial charge in [0.1, 0.15) is 5.00 Å². The maximum absolute atomic E-state index is 13.3. The molecule has 1 aromatic heterocycles. The lowest BCUT2D eigenvalue weighted by Crippen LogP contribution is -2.39. The highest BCUT2D eigenvalue weighted by atomic mass is 32.1. The van der Waals surface area contributed by atoms with Crippen LogP contribution in [0.25, 0.3) is 0 Å². The predicted octanol–water partition coefficient (Wildman–Crippen LogP) is 4.53. The number of carbonyl (C=O) groups excluding carboxylic acids is 2. The predicted molar refractivity (Wildman–Crippen MR) is 114 cm³/mol. The quantitative estimate of drug-likeness (QED) is 0.756. The molecule has 0 saturated carbocycles. The van der Waals surface area contributed by atoms with Crippen molar-refractivity contribution in [2.45, 2.75) is 45.4 Å². The summed E-state index contributed by atoms with van der Waals surface area (Å²) >= 11 is 1.60. The first-order valence-electron chi connectivity index (χ1n) is 10.4. The van der Waals surface area contributed by atoms with Crippen LogP contribution in [0, 0.1) is 5.92 Å². The van der Waals surface area contributed by atoms with Crippen LogP contribution in [0.2, 0.25) is 0 Å². The Kier molecular flexibility index (Phi) is 5.93. The van der Waals surface area contributed by atoms with E-state index >= 15 is 0 Å². The Morgan fingerprint density at radius 2 is 1.93 bits per heavy atom. The number of piperidine rings is 1. The molecule has 1 amide bonds. The zero-order valence-electron chi connectivity index (χ0n) is 16.5. The van der Waals surface area contributed by atoms with E-state index in [0.29, 0.717) is 18.0 Å². The van der Waals surface area contributed by atoms with Crippen molar-refractivity contribution in [3.63, 3.8) is 0 Å². The summed E-state index contributed by atoms with van der Waals surface area (Å²) in [7, 11) is 0. The van der Waals surface area contributed by atoms with Crippen molar-refractivity contribution in [3.8, 4) is 0 Å². The summed E-state index contributed by atoms with van der Waals surface area (Å²) in [5.41, 5.74) is 2.58. The number of fused-ring (bicyclic) bond motifs is 1. The molecular formula is C23H28N2O2S. The van der Waals surface area contributed by atoms with Gasteiger partial charge in [0.2, 0.25) is 5.91 Å². The molecular weight excluding hydrogens is 368 g/mol. The Bertz CT molecular complexity index is 859. The van der Waals surface area contributed by atoms with Crippen LogP contribution in [-0.4, -0.2) is 36.2 Å². The molecule has 2 heterocycles. The number of nitrogens with zero attached hydrogens (tertiary/aromatic N) is 1. The average molecular weight is 397 g/mol. The highest BCUT2D eigenvalue weighted by Gasteiger charge is 2.27. The number of nitrogens with one attached hydrogen (secondary N) is 1. The molecule has 4 nitrogen and oxygen atoms in total. The third kappa shape index (κ3) is 4.20. The molecule has 1 saturated heterocycles. The molecule has 0 bridgehead atoms. The van der Waals surface area contributed by atoms with Crippen LogP contribution in [0.4, 0.5) is 5.00 Å². The standard InChI is InChI=1S/C23H28N2O2S/c1-16-8-7-13-25(14-16)15-20(26)24-23-21(18-11-5-6-12-19(18)28-23)22(27)17-9-3-2-4-10-17/h2-4,9-10,16H,5-8,11-15H2,1H3,(H,24,26). The molecule has 1 N–H and O–H groups in total. The van der Waals surface area contributed by atoms with Crippen molar-refractivity contribution in [2.75, 3.05) is 25.0 Å². The number of ketones is 1. The molecule has 148 valence electrons. The summed E-state index contributed by atoms with van der Waals surface area (Å²) in [6, 6.07) is 9.41. The number of likely N-dealkylation sites (tertiary alicyclic amines) is 1. The fraction of sp³-hybridized carbons (Fsp3) is 0.478. The number of anilines is 1. The molecule has 1 unspecified atom stereocenters. The zero-order chi connectivity index (χ0) is 19.5. The smallest absolute Gasteiger partial charge is 0.239 e. The number of hydrogen-bond acceptors (Lipinski definition) is 4. The molecule has 2 aliphatic rings. The van der Waals surface area contributed by atoms with E-state index in [1.54, 1.807) is 11.3 Å². The van der Waals surface area contributed by atoms with Gasteiger partial charge in [0.15, 0.2) is 5.78 Å². The molecule has 2 aromatic rings. The molecule has 1 aliphatic carbocycles. The Balaban J connectivity index is 1.57. The molecule has 0 spiro atoms. The zero-order valence-corrected chi connectivity index (χ0v) is 17.3. The van der Waals surface area contributed by atoms with Crippen LogP contribution in [0.3, 0.4) is 0 Å². The number of aryl methyl sites for hydroxylation is 1. The second-order valence-electron chi connectivity index (χ2n) is 8.14. The van der Waals surface area contributed by atoms with Crippen molar-refractivity contribution in [1.29, 1.82) is 0 Å². The summed E-state index contributed by atoms with van der Waals surface area (Å²) in [6.07, 6.45) is 6.60. The van der Waals surface area contributed by atoms with Gasteiger partial charge in [-0.1, -0.05) is 37.3 Å². The normalized spacial score (nSPS) is 19.8. The van der Waals surface area contributed by atoms with Gasteiger partial charge in [-0.3, -0.25) is 14.5 Å². The van der Waals surface area contributed by atoms with Crippen molar-refractivity contribution in [1.82, 2.24) is 4.90 Å². The molecule has 1 atom stereocenters. The van der Waals surface area contributed by atoms with E-state index in [0.717, 1.165) is 61.3 Å². The average Bonchev–Trinajstić information content (AvgIpc) is 3.05. The molecule has 4 rings (SSSR count). The van der Waals surface area contributed by atoms with E-state index in [-0.39, 0.29) is 11.7 Å². The molecule has 28 heavy (non-hydrogen) atoms. The third-order valence-corrected chi connectivity index (χ3v) is 7.00. The third-order valence-electron chi connectivity index (χ3n) is 5.80. The van der Waals surface area contributed by atoms with E-state index in [1.807, 2.05) is 30.3 Å². The summed E-state index contributed by atoms with van der Waals surface area (Å²) in [5, 5.41) is 3.84. The van der Waals surface area contributed by atoms with Gasteiger partial charge < -0.3 is 5.32 Å². The number of amides is 1. The molecule has 1 aliphatic heterocycles. The van der Waals surface area contributed by atoms with Crippen LogP contribution >= 0.6 is 11.3 Å². The minimum absolute atomic E-state index is 0.00481. The largest absolute Gasteiger partial charge is 0.316 e. The summed E-state index contributed by atoms with van der Waals surface area (Å²) in [6.45, 7) is 4.61. The number of hydrogen-bond donors (Lipinski definition) is 1. The van der Waals surface area contributed by atoms with Gasteiger partial charge >= 0.3 is 0 Å². The van der Waals surface area contributed by atoms with Crippen LogP contribution in [0.5, 0.6) is 0 Å². The van der Waals surface area contributed by atoms with E-state index in [9.17, 15) is 9.59 Å². The van der Waals surface area contributed by atoms with Crippen LogP contribution < -0.4 is 5.32 Å². The van der Waals surface area contributed by atoms with Crippen molar-refractivity contribution in [3.05, 3.63) is 51.9 Å². The van der Waals surface area contributed by atoms with E-state index in [4.69, 9.17) is 0 Å². The lowest BCUT2D eigenvalue weighted by atomic mass is 9.92. The highest BCUT2D eigenvalue weighted by molar-refractivity contribution is 7.17. The molecule has 5 heteroatoms. The van der Waals surface area contributed by atoms with Crippen molar-refractivity contribution in [2.24, 2.45) is 5.92 Å². The van der Waals surface area contributed by atoms with Gasteiger partial charge in [-0.2, -0.15) is 0 Å².